The Morgan fingerprint density at radius 1 is 1.45 bits per heavy atom. The van der Waals surface area contributed by atoms with E-state index in [0.717, 1.165) is 18.0 Å². The number of anilines is 1. The number of aromatic carboxylic acids is 1. The molecule has 0 radical (unpaired) electrons. The summed E-state index contributed by atoms with van der Waals surface area (Å²) in [5.74, 6) is -0.858. The van der Waals surface area contributed by atoms with Crippen molar-refractivity contribution in [2.24, 2.45) is 5.41 Å². The van der Waals surface area contributed by atoms with E-state index in [-0.39, 0.29) is 0 Å². The molecule has 0 saturated heterocycles. The van der Waals surface area contributed by atoms with Gasteiger partial charge in [-0.05, 0) is 37.5 Å². The van der Waals surface area contributed by atoms with Gasteiger partial charge in [0.2, 0.25) is 0 Å². The third kappa shape index (κ3) is 3.14. The third-order valence-corrected chi connectivity index (χ3v) is 5.55. The van der Waals surface area contributed by atoms with Crippen molar-refractivity contribution < 1.29 is 9.90 Å². The van der Waals surface area contributed by atoms with E-state index in [1.807, 2.05) is 14.0 Å². The van der Waals surface area contributed by atoms with Crippen LogP contribution in [-0.4, -0.2) is 29.1 Å². The first-order chi connectivity index (χ1) is 9.34. The van der Waals surface area contributed by atoms with E-state index in [4.69, 9.17) is 0 Å². The monoisotopic (exact) mass is 296 g/mol. The summed E-state index contributed by atoms with van der Waals surface area (Å²) < 4.78 is 0. The SMILES string of the molecule is CCc1nc(N(C)C2CCC(C)(C)CC2)sc1C(=O)O. The molecule has 1 aromatic heterocycles. The minimum absolute atomic E-state index is 0.394. The Balaban J connectivity index is 2.13. The molecule has 1 fully saturated rings. The second kappa shape index (κ2) is 5.72. The van der Waals surface area contributed by atoms with Crippen LogP contribution in [0.15, 0.2) is 0 Å². The molecule has 112 valence electrons. The summed E-state index contributed by atoms with van der Waals surface area (Å²) in [5.41, 5.74) is 1.15. The molecule has 0 aromatic carbocycles. The number of carboxylic acids is 1. The molecular formula is C15H24N2O2S. The van der Waals surface area contributed by atoms with Gasteiger partial charge in [0.1, 0.15) is 4.88 Å². The Morgan fingerprint density at radius 2 is 2.05 bits per heavy atom. The summed E-state index contributed by atoms with van der Waals surface area (Å²) in [6, 6.07) is 0.487. The van der Waals surface area contributed by atoms with Gasteiger partial charge >= 0.3 is 5.97 Å². The third-order valence-electron chi connectivity index (χ3n) is 4.37. The molecule has 2 rings (SSSR count). The van der Waals surface area contributed by atoms with Gasteiger partial charge in [-0.2, -0.15) is 0 Å². The molecule has 0 aliphatic heterocycles. The first-order valence-corrected chi connectivity index (χ1v) is 8.11. The van der Waals surface area contributed by atoms with E-state index < -0.39 is 5.97 Å². The molecular weight excluding hydrogens is 272 g/mol. The minimum Gasteiger partial charge on any atom is -0.477 e. The Labute approximate surface area is 124 Å². The van der Waals surface area contributed by atoms with Crippen LogP contribution in [0.4, 0.5) is 5.13 Å². The molecule has 20 heavy (non-hydrogen) atoms. The number of rotatable bonds is 4. The topological polar surface area (TPSA) is 53.4 Å². The van der Waals surface area contributed by atoms with Gasteiger partial charge in [-0.15, -0.1) is 0 Å². The fourth-order valence-corrected chi connectivity index (χ4v) is 3.85. The highest BCUT2D eigenvalue weighted by Crippen LogP contribution is 2.38. The van der Waals surface area contributed by atoms with Gasteiger partial charge < -0.3 is 10.0 Å². The van der Waals surface area contributed by atoms with Crippen LogP contribution in [0.1, 0.15) is 61.8 Å². The van der Waals surface area contributed by atoms with Crippen LogP contribution in [0.2, 0.25) is 0 Å². The number of nitrogens with zero attached hydrogens (tertiary/aromatic N) is 2. The number of hydrogen-bond acceptors (Lipinski definition) is 4. The Kier molecular flexibility index (Phi) is 4.37. The second-order valence-electron chi connectivity index (χ2n) is 6.44. The zero-order valence-corrected chi connectivity index (χ0v) is 13.6. The average Bonchev–Trinajstić information content (AvgIpc) is 2.82. The standard InChI is InChI=1S/C15H24N2O2S/c1-5-11-12(13(18)19)20-14(16-11)17(4)10-6-8-15(2,3)9-7-10/h10H,5-9H2,1-4H3,(H,18,19). The lowest BCUT2D eigenvalue weighted by atomic mass is 9.75. The highest BCUT2D eigenvalue weighted by atomic mass is 32.1. The first-order valence-electron chi connectivity index (χ1n) is 7.30. The van der Waals surface area contributed by atoms with Gasteiger partial charge in [-0.1, -0.05) is 32.1 Å². The van der Waals surface area contributed by atoms with Gasteiger partial charge in [0.15, 0.2) is 5.13 Å². The number of carbonyl (C=O) groups is 1. The van der Waals surface area contributed by atoms with Crippen molar-refractivity contribution in [1.29, 1.82) is 0 Å². The quantitative estimate of drug-likeness (QED) is 0.918. The van der Waals surface area contributed by atoms with Crippen molar-refractivity contribution in [3.05, 3.63) is 10.6 Å². The maximum atomic E-state index is 11.2. The zero-order chi connectivity index (χ0) is 14.9. The van der Waals surface area contributed by atoms with E-state index in [1.165, 1.54) is 24.2 Å². The van der Waals surface area contributed by atoms with Crippen LogP contribution >= 0.6 is 11.3 Å². The van der Waals surface area contributed by atoms with Crippen molar-refractivity contribution in [2.45, 2.75) is 58.9 Å². The summed E-state index contributed by atoms with van der Waals surface area (Å²) in [7, 11) is 2.05. The van der Waals surface area contributed by atoms with E-state index in [1.54, 1.807) is 0 Å². The molecule has 0 amide bonds. The Morgan fingerprint density at radius 3 is 2.50 bits per heavy atom. The zero-order valence-electron chi connectivity index (χ0n) is 12.8. The summed E-state index contributed by atoms with van der Waals surface area (Å²) in [4.78, 5) is 18.3. The number of carboxylic acid groups (broad SMARTS) is 1. The number of hydrogen-bond donors (Lipinski definition) is 1. The molecule has 0 atom stereocenters. The second-order valence-corrected chi connectivity index (χ2v) is 7.41. The summed E-state index contributed by atoms with van der Waals surface area (Å²) in [5, 5.41) is 10.1. The molecule has 5 heteroatoms. The molecule has 1 aromatic rings. The molecule has 1 aliphatic rings. The van der Waals surface area contributed by atoms with Crippen molar-refractivity contribution in [3.63, 3.8) is 0 Å². The van der Waals surface area contributed by atoms with Crippen LogP contribution in [0, 0.1) is 5.41 Å². The van der Waals surface area contributed by atoms with Crippen molar-refractivity contribution in [3.8, 4) is 0 Å². The Bertz CT molecular complexity index is 486. The predicted octanol–water partition coefficient (Wildman–Crippen LogP) is 3.81. The van der Waals surface area contributed by atoms with Gasteiger partial charge in [0.25, 0.3) is 0 Å². The van der Waals surface area contributed by atoms with Crippen molar-refractivity contribution >= 4 is 22.4 Å². The minimum atomic E-state index is -0.858. The van der Waals surface area contributed by atoms with E-state index >= 15 is 0 Å². The van der Waals surface area contributed by atoms with E-state index in [9.17, 15) is 9.90 Å². The number of aryl methyl sites for hydroxylation is 1. The van der Waals surface area contributed by atoms with Crippen molar-refractivity contribution in [1.82, 2.24) is 4.98 Å². The van der Waals surface area contributed by atoms with E-state index in [0.29, 0.717) is 28.4 Å². The van der Waals surface area contributed by atoms with Gasteiger partial charge in [0, 0.05) is 13.1 Å². The van der Waals surface area contributed by atoms with Crippen molar-refractivity contribution in [2.75, 3.05) is 11.9 Å². The maximum absolute atomic E-state index is 11.2. The fraction of sp³-hybridized carbons (Fsp3) is 0.733. The van der Waals surface area contributed by atoms with E-state index in [2.05, 4.69) is 23.7 Å². The fourth-order valence-electron chi connectivity index (χ4n) is 2.82. The lowest BCUT2D eigenvalue weighted by molar-refractivity contribution is 0.0701. The first kappa shape index (κ1) is 15.3. The molecule has 1 saturated carbocycles. The largest absolute Gasteiger partial charge is 0.477 e. The van der Waals surface area contributed by atoms with Crippen LogP contribution < -0.4 is 4.90 Å². The summed E-state index contributed by atoms with van der Waals surface area (Å²) in [6.07, 6.45) is 5.43. The molecule has 1 heterocycles. The molecule has 1 N–H and O–H groups in total. The normalized spacial score (nSPS) is 19.0. The molecule has 1 aliphatic carbocycles. The molecule has 0 bridgehead atoms. The number of aromatic nitrogens is 1. The highest BCUT2D eigenvalue weighted by molar-refractivity contribution is 7.17. The smallest absolute Gasteiger partial charge is 0.347 e. The van der Waals surface area contributed by atoms with Crippen LogP contribution in [0.25, 0.3) is 0 Å². The number of thiazole rings is 1. The van der Waals surface area contributed by atoms with Crippen LogP contribution in [0.3, 0.4) is 0 Å². The molecule has 0 unspecified atom stereocenters. The lowest BCUT2D eigenvalue weighted by Gasteiger charge is -2.38. The predicted molar refractivity (Wildman–Crippen MR) is 82.9 cm³/mol. The molecule has 4 nitrogen and oxygen atoms in total. The molecule has 0 spiro atoms. The maximum Gasteiger partial charge on any atom is 0.347 e. The highest BCUT2D eigenvalue weighted by Gasteiger charge is 2.30. The van der Waals surface area contributed by atoms with Crippen LogP contribution in [-0.2, 0) is 6.42 Å². The van der Waals surface area contributed by atoms with Gasteiger partial charge in [0.05, 0.1) is 5.69 Å². The van der Waals surface area contributed by atoms with Crippen LogP contribution in [0.5, 0.6) is 0 Å². The van der Waals surface area contributed by atoms with Gasteiger partial charge in [-0.25, -0.2) is 9.78 Å². The summed E-state index contributed by atoms with van der Waals surface area (Å²) >= 11 is 1.31. The van der Waals surface area contributed by atoms with Gasteiger partial charge in [-0.3, -0.25) is 0 Å². The Hall–Kier alpha value is -1.10. The lowest BCUT2D eigenvalue weighted by Crippen LogP contribution is -2.37. The average molecular weight is 296 g/mol. The summed E-state index contributed by atoms with van der Waals surface area (Å²) in [6.45, 7) is 6.60.